The fourth-order valence-corrected chi connectivity index (χ4v) is 7.50. The lowest BCUT2D eigenvalue weighted by Crippen LogP contribution is -2.67. The van der Waals surface area contributed by atoms with Crippen LogP contribution in [0.1, 0.15) is 73.6 Å². The summed E-state index contributed by atoms with van der Waals surface area (Å²) in [6, 6.07) is 0. The van der Waals surface area contributed by atoms with Gasteiger partial charge in [-0.1, -0.05) is 33.8 Å². The summed E-state index contributed by atoms with van der Waals surface area (Å²) in [5.74, 6) is 0.677. The molecule has 1 heterocycles. The minimum atomic E-state index is -0.705. The Morgan fingerprint density at radius 3 is 2.24 bits per heavy atom. The molecule has 4 aliphatic rings. The SMILES string of the molecule is CC1=CC[C@@H]2[C@@]3(C)CCC4(OCCO4)C(C)(C)[C@@H]3CC[C@@]2(C)[C@]1(C)O. The van der Waals surface area contributed by atoms with Crippen molar-refractivity contribution in [2.75, 3.05) is 13.2 Å². The molecule has 3 fully saturated rings. The summed E-state index contributed by atoms with van der Waals surface area (Å²) in [5, 5.41) is 11.4. The largest absolute Gasteiger partial charge is 0.385 e. The lowest BCUT2D eigenvalue weighted by molar-refractivity contribution is -0.308. The number of hydrogen-bond acceptors (Lipinski definition) is 3. The Morgan fingerprint density at radius 1 is 0.960 bits per heavy atom. The third kappa shape index (κ3) is 1.98. The maximum Gasteiger partial charge on any atom is 0.173 e. The molecule has 1 spiro atoms. The molecule has 4 rings (SSSR count). The fourth-order valence-electron chi connectivity index (χ4n) is 7.50. The molecule has 3 nitrogen and oxygen atoms in total. The molecule has 1 aliphatic heterocycles. The molecule has 0 unspecified atom stereocenters. The zero-order valence-electron chi connectivity index (χ0n) is 16.9. The Bertz CT molecular complexity index is 598. The van der Waals surface area contributed by atoms with Crippen molar-refractivity contribution in [3.63, 3.8) is 0 Å². The van der Waals surface area contributed by atoms with Gasteiger partial charge in [0.2, 0.25) is 0 Å². The quantitative estimate of drug-likeness (QED) is 0.646. The summed E-state index contributed by atoms with van der Waals surface area (Å²) in [7, 11) is 0. The van der Waals surface area contributed by atoms with E-state index in [1.807, 2.05) is 6.92 Å². The summed E-state index contributed by atoms with van der Waals surface area (Å²) in [4.78, 5) is 0. The summed E-state index contributed by atoms with van der Waals surface area (Å²) in [6.07, 6.45) is 7.73. The molecule has 0 aromatic heterocycles. The summed E-state index contributed by atoms with van der Waals surface area (Å²) >= 11 is 0. The van der Waals surface area contributed by atoms with Gasteiger partial charge in [-0.3, -0.25) is 0 Å². The smallest absolute Gasteiger partial charge is 0.173 e. The average Bonchev–Trinajstić information content (AvgIpc) is 3.00. The zero-order chi connectivity index (χ0) is 18.3. The lowest BCUT2D eigenvalue weighted by atomic mass is 9.38. The van der Waals surface area contributed by atoms with E-state index in [2.05, 4.69) is 40.7 Å². The van der Waals surface area contributed by atoms with E-state index in [1.165, 1.54) is 0 Å². The van der Waals surface area contributed by atoms with Crippen LogP contribution in [0.3, 0.4) is 0 Å². The predicted octanol–water partition coefficient (Wildman–Crippen LogP) is 4.69. The monoisotopic (exact) mass is 348 g/mol. The average molecular weight is 349 g/mol. The van der Waals surface area contributed by atoms with Crippen LogP contribution in [0, 0.1) is 28.1 Å². The molecule has 142 valence electrons. The summed E-state index contributed by atoms with van der Waals surface area (Å²) in [6.45, 7) is 15.2. The maximum absolute atomic E-state index is 11.4. The second-order valence-corrected chi connectivity index (χ2v) is 10.4. The molecule has 0 radical (unpaired) electrons. The van der Waals surface area contributed by atoms with E-state index >= 15 is 0 Å². The first-order valence-electron chi connectivity index (χ1n) is 10.2. The standard InChI is InChI=1S/C22H36O3/c1-15-7-8-17-19(4)11-12-22(24-13-14-25-22)18(2,3)16(19)9-10-20(17,5)21(15,6)23/h7,16-17,23H,8-14H2,1-6H3/t16-,17+,19-,20+,21+/m0/s1. The molecule has 0 aromatic rings. The zero-order valence-corrected chi connectivity index (χ0v) is 16.9. The first-order valence-corrected chi connectivity index (χ1v) is 10.2. The minimum Gasteiger partial charge on any atom is -0.385 e. The Kier molecular flexibility index (Phi) is 3.68. The van der Waals surface area contributed by atoms with Crippen LogP contribution in [0.5, 0.6) is 0 Å². The van der Waals surface area contributed by atoms with Crippen molar-refractivity contribution in [2.45, 2.75) is 85.0 Å². The van der Waals surface area contributed by atoms with Crippen molar-refractivity contribution < 1.29 is 14.6 Å². The molecule has 2 saturated carbocycles. The number of fused-ring (bicyclic) bond motifs is 3. The van der Waals surface area contributed by atoms with Gasteiger partial charge in [-0.15, -0.1) is 0 Å². The van der Waals surface area contributed by atoms with Gasteiger partial charge < -0.3 is 14.6 Å². The van der Waals surface area contributed by atoms with Crippen LogP contribution < -0.4 is 0 Å². The second kappa shape index (κ2) is 5.11. The molecular formula is C22H36O3. The van der Waals surface area contributed by atoms with Crippen molar-refractivity contribution in [3.05, 3.63) is 11.6 Å². The van der Waals surface area contributed by atoms with Crippen LogP contribution in [0.15, 0.2) is 11.6 Å². The second-order valence-electron chi connectivity index (χ2n) is 10.4. The first-order chi connectivity index (χ1) is 11.5. The number of rotatable bonds is 0. The van der Waals surface area contributed by atoms with Gasteiger partial charge in [0.25, 0.3) is 0 Å². The molecule has 5 atom stereocenters. The molecule has 3 heteroatoms. The number of ether oxygens (including phenoxy) is 2. The molecule has 0 amide bonds. The van der Waals surface area contributed by atoms with Crippen LogP contribution >= 0.6 is 0 Å². The Balaban J connectivity index is 1.77. The Hall–Kier alpha value is -0.380. The van der Waals surface area contributed by atoms with Crippen LogP contribution in [-0.2, 0) is 9.47 Å². The Morgan fingerprint density at radius 2 is 1.60 bits per heavy atom. The van der Waals surface area contributed by atoms with Crippen LogP contribution in [0.4, 0.5) is 0 Å². The molecule has 1 saturated heterocycles. The van der Waals surface area contributed by atoms with Gasteiger partial charge in [0.05, 0.1) is 18.8 Å². The highest BCUT2D eigenvalue weighted by Gasteiger charge is 2.69. The van der Waals surface area contributed by atoms with E-state index < -0.39 is 11.4 Å². The summed E-state index contributed by atoms with van der Waals surface area (Å²) < 4.78 is 12.5. The van der Waals surface area contributed by atoms with Crippen LogP contribution in [-0.4, -0.2) is 29.7 Å². The van der Waals surface area contributed by atoms with Gasteiger partial charge in [0.1, 0.15) is 0 Å². The van der Waals surface area contributed by atoms with E-state index in [1.54, 1.807) is 0 Å². The molecule has 0 bridgehead atoms. The number of allylic oxidation sites excluding steroid dienone is 1. The molecule has 0 aromatic carbocycles. The van der Waals surface area contributed by atoms with E-state index in [0.29, 0.717) is 11.8 Å². The van der Waals surface area contributed by atoms with E-state index in [9.17, 15) is 5.11 Å². The number of hydrogen-bond donors (Lipinski definition) is 1. The van der Waals surface area contributed by atoms with E-state index in [-0.39, 0.29) is 16.2 Å². The Labute approximate surface area is 153 Å². The van der Waals surface area contributed by atoms with Crippen molar-refractivity contribution in [2.24, 2.45) is 28.1 Å². The minimum absolute atomic E-state index is 0.000106. The van der Waals surface area contributed by atoms with Crippen LogP contribution in [0.25, 0.3) is 0 Å². The van der Waals surface area contributed by atoms with Gasteiger partial charge in [0.15, 0.2) is 5.79 Å². The molecule has 1 N–H and O–H groups in total. The third-order valence-electron chi connectivity index (χ3n) is 9.45. The number of aliphatic hydroxyl groups is 1. The van der Waals surface area contributed by atoms with E-state index in [0.717, 1.165) is 50.9 Å². The highest BCUT2D eigenvalue weighted by molar-refractivity contribution is 5.28. The highest BCUT2D eigenvalue weighted by Crippen LogP contribution is 2.71. The van der Waals surface area contributed by atoms with Crippen molar-refractivity contribution >= 4 is 0 Å². The van der Waals surface area contributed by atoms with Gasteiger partial charge in [0, 0.05) is 17.3 Å². The van der Waals surface area contributed by atoms with Crippen molar-refractivity contribution in [1.82, 2.24) is 0 Å². The van der Waals surface area contributed by atoms with Gasteiger partial charge in [-0.2, -0.15) is 0 Å². The fraction of sp³-hybridized carbons (Fsp3) is 0.909. The lowest BCUT2D eigenvalue weighted by Gasteiger charge is -2.68. The van der Waals surface area contributed by atoms with E-state index in [4.69, 9.17) is 9.47 Å². The molecule has 3 aliphatic carbocycles. The van der Waals surface area contributed by atoms with Gasteiger partial charge >= 0.3 is 0 Å². The summed E-state index contributed by atoms with van der Waals surface area (Å²) in [5.41, 5.74) is 0.624. The third-order valence-corrected chi connectivity index (χ3v) is 9.45. The molecule has 25 heavy (non-hydrogen) atoms. The van der Waals surface area contributed by atoms with Crippen LogP contribution in [0.2, 0.25) is 0 Å². The predicted molar refractivity (Wildman–Crippen MR) is 99.1 cm³/mol. The first kappa shape index (κ1) is 18.0. The van der Waals surface area contributed by atoms with Crippen molar-refractivity contribution in [1.29, 1.82) is 0 Å². The maximum atomic E-state index is 11.4. The van der Waals surface area contributed by atoms with Gasteiger partial charge in [-0.05, 0) is 62.4 Å². The topological polar surface area (TPSA) is 38.7 Å². The van der Waals surface area contributed by atoms with Crippen molar-refractivity contribution in [3.8, 4) is 0 Å². The highest BCUT2D eigenvalue weighted by atomic mass is 16.7. The normalized spacial score (nSPS) is 50.9. The van der Waals surface area contributed by atoms with Gasteiger partial charge in [-0.25, -0.2) is 0 Å². The molecular weight excluding hydrogens is 312 g/mol.